The van der Waals surface area contributed by atoms with Crippen molar-refractivity contribution >= 4 is 5.82 Å². The molecule has 2 saturated heterocycles. The van der Waals surface area contributed by atoms with Crippen molar-refractivity contribution in [1.82, 2.24) is 15.3 Å². The van der Waals surface area contributed by atoms with E-state index in [0.717, 1.165) is 18.4 Å². The Labute approximate surface area is 121 Å². The third-order valence-corrected chi connectivity index (χ3v) is 5.36. The van der Waals surface area contributed by atoms with Crippen LogP contribution in [0.15, 0.2) is 6.33 Å². The van der Waals surface area contributed by atoms with E-state index >= 15 is 0 Å². The fourth-order valence-corrected chi connectivity index (χ4v) is 4.24. The van der Waals surface area contributed by atoms with Crippen LogP contribution in [0.1, 0.15) is 43.4 Å². The molecule has 1 aromatic rings. The van der Waals surface area contributed by atoms with Gasteiger partial charge in [-0.15, -0.1) is 0 Å². The Balaban J connectivity index is 1.45. The second-order valence-corrected chi connectivity index (χ2v) is 6.50. The molecule has 1 aliphatic carbocycles. The number of aryl methyl sites for hydroxylation is 1. The number of piperidine rings is 1. The summed E-state index contributed by atoms with van der Waals surface area (Å²) >= 11 is 0. The van der Waals surface area contributed by atoms with Crippen molar-refractivity contribution in [2.75, 3.05) is 24.5 Å². The molecule has 2 fully saturated rings. The lowest BCUT2D eigenvalue weighted by atomic mass is 9.88. The maximum Gasteiger partial charge on any atom is 0.135 e. The third-order valence-electron chi connectivity index (χ3n) is 5.36. The Hall–Kier alpha value is -1.16. The lowest BCUT2D eigenvalue weighted by Crippen LogP contribution is -2.41. The topological polar surface area (TPSA) is 41.1 Å². The summed E-state index contributed by atoms with van der Waals surface area (Å²) in [6.07, 6.45) is 10.7. The van der Waals surface area contributed by atoms with Crippen molar-refractivity contribution in [1.29, 1.82) is 0 Å². The van der Waals surface area contributed by atoms with Crippen LogP contribution >= 0.6 is 0 Å². The van der Waals surface area contributed by atoms with E-state index in [1.165, 1.54) is 75.2 Å². The number of hydrogen-bond donors (Lipinski definition) is 1. The summed E-state index contributed by atoms with van der Waals surface area (Å²) in [7, 11) is 0. The Morgan fingerprint density at radius 2 is 1.95 bits per heavy atom. The zero-order valence-corrected chi connectivity index (χ0v) is 12.1. The lowest BCUT2D eigenvalue weighted by Gasteiger charge is -2.36. The maximum absolute atomic E-state index is 4.60. The van der Waals surface area contributed by atoms with Crippen LogP contribution < -0.4 is 10.2 Å². The molecular formula is C16H24N4. The largest absolute Gasteiger partial charge is 0.356 e. The van der Waals surface area contributed by atoms with Gasteiger partial charge in [0.15, 0.2) is 0 Å². The van der Waals surface area contributed by atoms with Gasteiger partial charge < -0.3 is 10.2 Å². The van der Waals surface area contributed by atoms with Crippen molar-refractivity contribution in [3.63, 3.8) is 0 Å². The molecule has 20 heavy (non-hydrogen) atoms. The third kappa shape index (κ3) is 2.20. The Bertz CT molecular complexity index is 473. The molecule has 1 aromatic heterocycles. The molecule has 0 amide bonds. The minimum absolute atomic E-state index is 0.785. The summed E-state index contributed by atoms with van der Waals surface area (Å²) in [4.78, 5) is 11.6. The number of hydrogen-bond acceptors (Lipinski definition) is 4. The van der Waals surface area contributed by atoms with Crippen LogP contribution in [0, 0.1) is 5.92 Å². The second kappa shape index (κ2) is 5.32. The predicted molar refractivity (Wildman–Crippen MR) is 80.0 cm³/mol. The molecule has 3 aliphatic rings. The lowest BCUT2D eigenvalue weighted by molar-refractivity contribution is 0.318. The molecule has 3 heterocycles. The van der Waals surface area contributed by atoms with Gasteiger partial charge in [0.1, 0.15) is 12.1 Å². The number of rotatable bonds is 2. The highest BCUT2D eigenvalue weighted by Crippen LogP contribution is 2.32. The summed E-state index contributed by atoms with van der Waals surface area (Å²) < 4.78 is 0. The Morgan fingerprint density at radius 3 is 2.75 bits per heavy atom. The van der Waals surface area contributed by atoms with Crippen molar-refractivity contribution in [2.24, 2.45) is 5.92 Å². The molecule has 0 spiro atoms. The minimum atomic E-state index is 0.785. The van der Waals surface area contributed by atoms with Crippen LogP contribution in [-0.4, -0.2) is 35.6 Å². The standard InChI is InChI=1S/C16H24N4/c1-3-13-15(4-1)18-11-19-16(13)20-9-6-12(7-10-20)14-5-2-8-17-14/h11-12,14,17H,1-10H2. The zero-order chi connectivity index (χ0) is 13.4. The first-order chi connectivity index (χ1) is 9.92. The first-order valence-electron chi connectivity index (χ1n) is 8.23. The molecular weight excluding hydrogens is 248 g/mol. The number of fused-ring (bicyclic) bond motifs is 1. The minimum Gasteiger partial charge on any atom is -0.356 e. The fourth-order valence-electron chi connectivity index (χ4n) is 4.24. The van der Waals surface area contributed by atoms with Crippen molar-refractivity contribution in [3.05, 3.63) is 17.6 Å². The van der Waals surface area contributed by atoms with E-state index in [1.54, 1.807) is 6.33 Å². The normalized spacial score (nSPS) is 27.0. The Morgan fingerprint density at radius 1 is 1.05 bits per heavy atom. The van der Waals surface area contributed by atoms with E-state index in [1.807, 2.05) is 0 Å². The number of nitrogens with one attached hydrogen (secondary N) is 1. The molecule has 0 aromatic carbocycles. The van der Waals surface area contributed by atoms with Gasteiger partial charge in [-0.25, -0.2) is 9.97 Å². The molecule has 1 N–H and O–H groups in total. The van der Waals surface area contributed by atoms with Gasteiger partial charge in [0.2, 0.25) is 0 Å². The molecule has 4 nitrogen and oxygen atoms in total. The van der Waals surface area contributed by atoms with Crippen LogP contribution in [0.3, 0.4) is 0 Å². The highest BCUT2D eigenvalue weighted by atomic mass is 15.2. The van der Waals surface area contributed by atoms with Crippen molar-refractivity contribution in [3.8, 4) is 0 Å². The van der Waals surface area contributed by atoms with Gasteiger partial charge in [-0.1, -0.05) is 0 Å². The SMILES string of the molecule is c1nc2c(c(N3CCC(C4CCCN4)CC3)n1)CCC2. The molecule has 4 heteroatoms. The first kappa shape index (κ1) is 12.6. The van der Waals surface area contributed by atoms with Gasteiger partial charge in [0.25, 0.3) is 0 Å². The molecule has 0 saturated carbocycles. The first-order valence-corrected chi connectivity index (χ1v) is 8.23. The predicted octanol–water partition coefficient (Wildman–Crippen LogP) is 1.93. The summed E-state index contributed by atoms with van der Waals surface area (Å²) in [6.45, 7) is 3.57. The molecule has 1 unspecified atom stereocenters. The number of aromatic nitrogens is 2. The van der Waals surface area contributed by atoms with E-state index < -0.39 is 0 Å². The molecule has 2 aliphatic heterocycles. The van der Waals surface area contributed by atoms with Crippen LogP contribution in [-0.2, 0) is 12.8 Å². The van der Waals surface area contributed by atoms with Crippen LogP contribution in [0.5, 0.6) is 0 Å². The van der Waals surface area contributed by atoms with Crippen LogP contribution in [0.4, 0.5) is 5.82 Å². The summed E-state index contributed by atoms with van der Waals surface area (Å²) in [5.74, 6) is 2.12. The van der Waals surface area contributed by atoms with E-state index in [4.69, 9.17) is 0 Å². The molecule has 108 valence electrons. The average molecular weight is 272 g/mol. The Kier molecular flexibility index (Phi) is 3.34. The highest BCUT2D eigenvalue weighted by molar-refractivity contribution is 5.50. The highest BCUT2D eigenvalue weighted by Gasteiger charge is 2.30. The monoisotopic (exact) mass is 272 g/mol. The molecule has 0 bridgehead atoms. The van der Waals surface area contributed by atoms with E-state index in [0.29, 0.717) is 0 Å². The van der Waals surface area contributed by atoms with Gasteiger partial charge in [-0.05, 0) is 57.4 Å². The van der Waals surface area contributed by atoms with E-state index in [2.05, 4.69) is 20.2 Å². The van der Waals surface area contributed by atoms with Crippen LogP contribution in [0.25, 0.3) is 0 Å². The van der Waals surface area contributed by atoms with Crippen molar-refractivity contribution < 1.29 is 0 Å². The van der Waals surface area contributed by atoms with E-state index in [9.17, 15) is 0 Å². The molecule has 0 radical (unpaired) electrons. The van der Waals surface area contributed by atoms with E-state index in [-0.39, 0.29) is 0 Å². The molecule has 4 rings (SSSR count). The van der Waals surface area contributed by atoms with Gasteiger partial charge in [0.05, 0.1) is 0 Å². The van der Waals surface area contributed by atoms with Crippen LogP contribution in [0.2, 0.25) is 0 Å². The van der Waals surface area contributed by atoms with Gasteiger partial charge in [-0.3, -0.25) is 0 Å². The average Bonchev–Trinajstić information content (AvgIpc) is 3.18. The zero-order valence-electron chi connectivity index (χ0n) is 12.1. The maximum atomic E-state index is 4.60. The van der Waals surface area contributed by atoms with Gasteiger partial charge >= 0.3 is 0 Å². The summed E-state index contributed by atoms with van der Waals surface area (Å²) in [6, 6.07) is 0.785. The summed E-state index contributed by atoms with van der Waals surface area (Å²) in [5.41, 5.74) is 2.74. The smallest absolute Gasteiger partial charge is 0.135 e. The van der Waals surface area contributed by atoms with Gasteiger partial charge in [-0.2, -0.15) is 0 Å². The van der Waals surface area contributed by atoms with Crippen molar-refractivity contribution in [2.45, 2.75) is 51.0 Å². The second-order valence-electron chi connectivity index (χ2n) is 6.50. The summed E-state index contributed by atoms with van der Waals surface area (Å²) in [5, 5.41) is 3.68. The van der Waals surface area contributed by atoms with Gasteiger partial charge in [0, 0.05) is 30.4 Å². The number of anilines is 1. The molecule has 1 atom stereocenters. The quantitative estimate of drug-likeness (QED) is 0.893. The fraction of sp³-hybridized carbons (Fsp3) is 0.750. The number of nitrogens with zero attached hydrogens (tertiary/aromatic N) is 3.